The predicted octanol–water partition coefficient (Wildman–Crippen LogP) is 3.16. The van der Waals surface area contributed by atoms with Crippen LogP contribution in [-0.2, 0) is 11.2 Å². The minimum atomic E-state index is -0.680. The van der Waals surface area contributed by atoms with Crippen LogP contribution in [0.25, 0.3) is 0 Å². The molecule has 2 rings (SSSR count). The van der Waals surface area contributed by atoms with Gasteiger partial charge < -0.3 is 15.2 Å². The molecule has 2 aromatic carbocycles. The van der Waals surface area contributed by atoms with Crippen LogP contribution >= 0.6 is 0 Å². The molecule has 1 atom stereocenters. The minimum Gasteiger partial charge on any atom is -0.387 e. The molecule has 0 aliphatic rings. The Kier molecular flexibility index (Phi) is 5.72. The average Bonchev–Trinajstić information content (AvgIpc) is 2.52. The van der Waals surface area contributed by atoms with Gasteiger partial charge >= 0.3 is 0 Å². The van der Waals surface area contributed by atoms with Crippen molar-refractivity contribution in [1.82, 2.24) is 0 Å². The summed E-state index contributed by atoms with van der Waals surface area (Å²) in [6.45, 7) is 1.02. The summed E-state index contributed by atoms with van der Waals surface area (Å²) in [5.74, 6) is -0.302. The van der Waals surface area contributed by atoms with Crippen LogP contribution in [0.15, 0.2) is 48.5 Å². The molecule has 1 unspecified atom stereocenters. The Balaban J connectivity index is 1.97. The molecule has 21 heavy (non-hydrogen) atoms. The number of methoxy groups -OCH3 is 1. The number of anilines is 1. The van der Waals surface area contributed by atoms with E-state index in [1.807, 2.05) is 24.3 Å². The zero-order chi connectivity index (χ0) is 15.1. The van der Waals surface area contributed by atoms with E-state index in [0.717, 1.165) is 17.7 Å². The lowest BCUT2D eigenvalue weighted by molar-refractivity contribution is 0.191. The van der Waals surface area contributed by atoms with E-state index < -0.39 is 6.10 Å². The zero-order valence-electron chi connectivity index (χ0n) is 12.1. The van der Waals surface area contributed by atoms with Gasteiger partial charge in [-0.2, -0.15) is 0 Å². The van der Waals surface area contributed by atoms with Gasteiger partial charge in [-0.25, -0.2) is 4.39 Å². The summed E-state index contributed by atoms with van der Waals surface area (Å²) in [6, 6.07) is 13.8. The highest BCUT2D eigenvalue weighted by Gasteiger charge is 2.08. The average molecular weight is 289 g/mol. The third-order valence-electron chi connectivity index (χ3n) is 3.33. The molecular formula is C17H20FNO2. The number of hydrogen-bond donors (Lipinski definition) is 2. The number of aliphatic hydroxyl groups excluding tert-OH is 1. The van der Waals surface area contributed by atoms with Gasteiger partial charge in [0.05, 0.1) is 12.7 Å². The number of benzene rings is 2. The first-order valence-electron chi connectivity index (χ1n) is 6.95. The summed E-state index contributed by atoms with van der Waals surface area (Å²) in [5.41, 5.74) is 2.82. The van der Waals surface area contributed by atoms with E-state index in [9.17, 15) is 9.50 Å². The summed E-state index contributed by atoms with van der Waals surface area (Å²) in [5, 5.41) is 13.4. The summed E-state index contributed by atoms with van der Waals surface area (Å²) < 4.78 is 18.0. The number of halogens is 1. The molecule has 2 N–H and O–H groups in total. The summed E-state index contributed by atoms with van der Waals surface area (Å²) in [6.07, 6.45) is 0.132. The largest absolute Gasteiger partial charge is 0.387 e. The minimum absolute atomic E-state index is 0.302. The Morgan fingerprint density at radius 3 is 2.57 bits per heavy atom. The van der Waals surface area contributed by atoms with Crippen molar-refractivity contribution >= 4 is 5.69 Å². The normalized spacial score (nSPS) is 12.1. The van der Waals surface area contributed by atoms with E-state index in [1.54, 1.807) is 19.2 Å². The van der Waals surface area contributed by atoms with E-state index in [2.05, 4.69) is 5.32 Å². The van der Waals surface area contributed by atoms with Crippen LogP contribution < -0.4 is 5.32 Å². The Morgan fingerprint density at radius 1 is 1.14 bits per heavy atom. The van der Waals surface area contributed by atoms with Crippen LogP contribution in [0.1, 0.15) is 17.2 Å². The lowest BCUT2D eigenvalue weighted by Crippen LogP contribution is -2.13. The Bertz CT molecular complexity index is 557. The fourth-order valence-electron chi connectivity index (χ4n) is 2.13. The van der Waals surface area contributed by atoms with Gasteiger partial charge in [0.2, 0.25) is 0 Å². The Hall–Kier alpha value is -1.91. The molecule has 3 nitrogen and oxygen atoms in total. The van der Waals surface area contributed by atoms with E-state index in [4.69, 9.17) is 4.74 Å². The topological polar surface area (TPSA) is 41.5 Å². The van der Waals surface area contributed by atoms with Crippen molar-refractivity contribution in [3.05, 3.63) is 65.5 Å². The first-order valence-corrected chi connectivity index (χ1v) is 6.95. The fourth-order valence-corrected chi connectivity index (χ4v) is 2.13. The molecule has 0 aliphatic heterocycles. The van der Waals surface area contributed by atoms with Crippen molar-refractivity contribution < 1.29 is 14.2 Å². The van der Waals surface area contributed by atoms with Crippen LogP contribution in [0.2, 0.25) is 0 Å². The molecule has 112 valence electrons. The molecule has 0 heterocycles. The Morgan fingerprint density at radius 2 is 1.86 bits per heavy atom. The van der Waals surface area contributed by atoms with Crippen LogP contribution in [0.3, 0.4) is 0 Å². The highest BCUT2D eigenvalue weighted by atomic mass is 19.1. The lowest BCUT2D eigenvalue weighted by atomic mass is 10.1. The number of para-hydroxylation sites is 1. The maximum atomic E-state index is 12.9. The maximum Gasteiger partial charge on any atom is 0.123 e. The van der Waals surface area contributed by atoms with Gasteiger partial charge in [0.1, 0.15) is 5.82 Å². The van der Waals surface area contributed by atoms with Gasteiger partial charge in [-0.3, -0.25) is 0 Å². The van der Waals surface area contributed by atoms with Crippen molar-refractivity contribution in [2.75, 3.05) is 25.6 Å². The number of hydrogen-bond acceptors (Lipinski definition) is 3. The van der Waals surface area contributed by atoms with Gasteiger partial charge in [-0.05, 0) is 35.7 Å². The highest BCUT2D eigenvalue weighted by Crippen LogP contribution is 2.19. The molecule has 0 saturated carbocycles. The standard InChI is InChI=1S/C17H20FNO2/c1-21-11-10-13-4-2-3-5-16(13)19-12-17(20)14-6-8-15(18)9-7-14/h2-9,17,19-20H,10-12H2,1H3. The van der Waals surface area contributed by atoms with Gasteiger partial charge in [0.25, 0.3) is 0 Å². The van der Waals surface area contributed by atoms with Crippen LogP contribution in [0, 0.1) is 5.82 Å². The molecule has 0 radical (unpaired) electrons. The number of rotatable bonds is 7. The van der Waals surface area contributed by atoms with Crippen molar-refractivity contribution in [1.29, 1.82) is 0 Å². The van der Waals surface area contributed by atoms with Gasteiger partial charge in [-0.15, -0.1) is 0 Å². The molecule has 0 saturated heterocycles. The van der Waals surface area contributed by atoms with Crippen LogP contribution in [0.5, 0.6) is 0 Å². The molecule has 0 aliphatic carbocycles. The zero-order valence-corrected chi connectivity index (χ0v) is 12.1. The predicted molar refractivity (Wildman–Crippen MR) is 81.9 cm³/mol. The first kappa shape index (κ1) is 15.5. The third kappa shape index (κ3) is 4.55. The summed E-state index contributed by atoms with van der Waals surface area (Å²) >= 11 is 0. The van der Waals surface area contributed by atoms with Crippen molar-refractivity contribution in [3.63, 3.8) is 0 Å². The second kappa shape index (κ2) is 7.76. The summed E-state index contributed by atoms with van der Waals surface area (Å²) in [4.78, 5) is 0. The quantitative estimate of drug-likeness (QED) is 0.822. The van der Waals surface area contributed by atoms with Crippen molar-refractivity contribution in [3.8, 4) is 0 Å². The highest BCUT2D eigenvalue weighted by molar-refractivity contribution is 5.51. The molecule has 2 aromatic rings. The number of aliphatic hydroxyl groups is 1. The SMILES string of the molecule is COCCc1ccccc1NCC(O)c1ccc(F)cc1. The van der Waals surface area contributed by atoms with Gasteiger partial charge in [-0.1, -0.05) is 30.3 Å². The lowest BCUT2D eigenvalue weighted by Gasteiger charge is -2.16. The molecule has 0 fully saturated rings. The molecular weight excluding hydrogens is 269 g/mol. The van der Waals surface area contributed by atoms with E-state index in [1.165, 1.54) is 12.1 Å². The number of nitrogens with one attached hydrogen (secondary N) is 1. The Labute approximate surface area is 124 Å². The van der Waals surface area contributed by atoms with Crippen LogP contribution in [-0.4, -0.2) is 25.4 Å². The molecule has 0 aromatic heterocycles. The third-order valence-corrected chi connectivity index (χ3v) is 3.33. The second-order valence-electron chi connectivity index (χ2n) is 4.85. The molecule has 0 amide bonds. The molecule has 4 heteroatoms. The van der Waals surface area contributed by atoms with Crippen molar-refractivity contribution in [2.45, 2.75) is 12.5 Å². The van der Waals surface area contributed by atoms with E-state index >= 15 is 0 Å². The van der Waals surface area contributed by atoms with Gasteiger partial charge in [0, 0.05) is 19.3 Å². The molecule has 0 bridgehead atoms. The van der Waals surface area contributed by atoms with Gasteiger partial charge in [0.15, 0.2) is 0 Å². The van der Waals surface area contributed by atoms with E-state index in [-0.39, 0.29) is 5.82 Å². The first-order chi connectivity index (χ1) is 10.2. The van der Waals surface area contributed by atoms with Crippen LogP contribution in [0.4, 0.5) is 10.1 Å². The molecule has 0 spiro atoms. The van der Waals surface area contributed by atoms with E-state index in [0.29, 0.717) is 18.7 Å². The monoisotopic (exact) mass is 289 g/mol. The van der Waals surface area contributed by atoms with Crippen molar-refractivity contribution in [2.24, 2.45) is 0 Å². The smallest absolute Gasteiger partial charge is 0.123 e. The fraction of sp³-hybridized carbons (Fsp3) is 0.294. The number of ether oxygens (including phenoxy) is 1. The summed E-state index contributed by atoms with van der Waals surface area (Å²) in [7, 11) is 1.67. The maximum absolute atomic E-state index is 12.9. The second-order valence-corrected chi connectivity index (χ2v) is 4.85.